The van der Waals surface area contributed by atoms with Gasteiger partial charge >= 0.3 is 0 Å². The number of aromatic hydroxyl groups is 1. The Morgan fingerprint density at radius 3 is 2.57 bits per heavy atom. The van der Waals surface area contributed by atoms with Crippen LogP contribution in [0.5, 0.6) is 5.75 Å². The van der Waals surface area contributed by atoms with Crippen LogP contribution in [-0.4, -0.2) is 16.9 Å². The summed E-state index contributed by atoms with van der Waals surface area (Å²) in [6, 6.07) is 5.08. The van der Waals surface area contributed by atoms with Gasteiger partial charge in [0.1, 0.15) is 5.75 Å². The van der Waals surface area contributed by atoms with E-state index in [1.54, 1.807) is 0 Å². The quantitative estimate of drug-likeness (QED) is 0.344. The molecule has 0 heterocycles. The summed E-state index contributed by atoms with van der Waals surface area (Å²) in [5, 5.41) is 12.3. The summed E-state index contributed by atoms with van der Waals surface area (Å²) in [4.78, 5) is 14.1. The SMILES string of the molecule is CC(N=[N+]=[N-])C(=O)c1ccc(O)cc1. The number of carbonyl (C=O) groups excluding carboxylic acids is 1. The van der Waals surface area contributed by atoms with Gasteiger partial charge in [0.15, 0.2) is 5.78 Å². The molecule has 0 aliphatic heterocycles. The number of rotatable bonds is 3. The molecule has 0 fully saturated rings. The fourth-order valence-corrected chi connectivity index (χ4v) is 0.997. The van der Waals surface area contributed by atoms with Crippen LogP contribution in [0.25, 0.3) is 10.4 Å². The molecule has 1 atom stereocenters. The van der Waals surface area contributed by atoms with Gasteiger partial charge in [-0.15, -0.1) is 0 Å². The molecule has 0 amide bonds. The van der Waals surface area contributed by atoms with E-state index < -0.39 is 6.04 Å². The molecule has 14 heavy (non-hydrogen) atoms. The molecule has 0 spiro atoms. The highest BCUT2D eigenvalue weighted by Crippen LogP contribution is 2.12. The minimum absolute atomic E-state index is 0.0954. The number of ketones is 1. The lowest BCUT2D eigenvalue weighted by Gasteiger charge is -2.03. The van der Waals surface area contributed by atoms with Crippen molar-refractivity contribution in [1.29, 1.82) is 0 Å². The van der Waals surface area contributed by atoms with Crippen LogP contribution >= 0.6 is 0 Å². The molecule has 0 saturated heterocycles. The van der Waals surface area contributed by atoms with Gasteiger partial charge in [-0.05, 0) is 36.7 Å². The Morgan fingerprint density at radius 2 is 2.07 bits per heavy atom. The standard InChI is InChI=1S/C9H9N3O2/c1-6(11-12-10)9(14)7-2-4-8(13)5-3-7/h2-6,13H,1H3. The van der Waals surface area contributed by atoms with Crippen LogP contribution < -0.4 is 0 Å². The Kier molecular flexibility index (Phi) is 3.09. The van der Waals surface area contributed by atoms with Crippen LogP contribution in [0, 0.1) is 0 Å². The molecule has 0 aliphatic carbocycles. The van der Waals surface area contributed by atoms with Gasteiger partial charge in [-0.1, -0.05) is 5.11 Å². The van der Waals surface area contributed by atoms with Gasteiger partial charge < -0.3 is 5.11 Å². The van der Waals surface area contributed by atoms with E-state index in [9.17, 15) is 4.79 Å². The summed E-state index contributed by atoms with van der Waals surface area (Å²) in [5.74, 6) is -0.166. The van der Waals surface area contributed by atoms with Crippen LogP contribution in [0.4, 0.5) is 0 Å². The zero-order valence-electron chi connectivity index (χ0n) is 7.58. The molecular weight excluding hydrogens is 182 g/mol. The van der Waals surface area contributed by atoms with E-state index in [1.807, 2.05) is 0 Å². The topological polar surface area (TPSA) is 86.1 Å². The number of Topliss-reactive ketones (excluding diaryl/α,β-unsaturated/α-hetero) is 1. The molecule has 5 nitrogen and oxygen atoms in total. The zero-order valence-corrected chi connectivity index (χ0v) is 7.58. The summed E-state index contributed by atoms with van der Waals surface area (Å²) < 4.78 is 0. The molecule has 1 aromatic carbocycles. The monoisotopic (exact) mass is 191 g/mol. The normalized spacial score (nSPS) is 11.5. The minimum atomic E-state index is -0.718. The van der Waals surface area contributed by atoms with Crippen molar-refractivity contribution >= 4 is 5.78 Å². The van der Waals surface area contributed by atoms with Crippen molar-refractivity contribution in [2.45, 2.75) is 13.0 Å². The van der Waals surface area contributed by atoms with Gasteiger partial charge in [-0.3, -0.25) is 4.79 Å². The van der Waals surface area contributed by atoms with Crippen LogP contribution in [0.15, 0.2) is 29.4 Å². The first-order valence-corrected chi connectivity index (χ1v) is 4.02. The van der Waals surface area contributed by atoms with E-state index in [0.717, 1.165) is 0 Å². The molecule has 0 saturated carbocycles. The molecule has 1 aromatic rings. The maximum Gasteiger partial charge on any atom is 0.171 e. The molecule has 5 heteroatoms. The predicted molar refractivity (Wildman–Crippen MR) is 51.0 cm³/mol. The molecule has 1 N–H and O–H groups in total. The molecule has 1 rings (SSSR count). The zero-order chi connectivity index (χ0) is 10.6. The average molecular weight is 191 g/mol. The van der Waals surface area contributed by atoms with Gasteiger partial charge in [0.05, 0.1) is 6.04 Å². The Labute approximate surface area is 80.6 Å². The Morgan fingerprint density at radius 1 is 1.50 bits per heavy atom. The van der Waals surface area contributed by atoms with Crippen molar-refractivity contribution in [3.8, 4) is 5.75 Å². The van der Waals surface area contributed by atoms with Crippen molar-refractivity contribution in [3.05, 3.63) is 40.3 Å². The van der Waals surface area contributed by atoms with E-state index in [-0.39, 0.29) is 11.5 Å². The molecule has 0 bridgehead atoms. The smallest absolute Gasteiger partial charge is 0.171 e. The summed E-state index contributed by atoms with van der Waals surface area (Å²) in [7, 11) is 0. The van der Waals surface area contributed by atoms with Crippen LogP contribution in [0.2, 0.25) is 0 Å². The maximum atomic E-state index is 11.5. The Hall–Kier alpha value is -2.00. The van der Waals surface area contributed by atoms with Gasteiger partial charge in [-0.2, -0.15) is 0 Å². The van der Waals surface area contributed by atoms with Crippen molar-refractivity contribution < 1.29 is 9.90 Å². The van der Waals surface area contributed by atoms with Gasteiger partial charge in [0, 0.05) is 10.5 Å². The number of hydrogen-bond acceptors (Lipinski definition) is 3. The second-order valence-corrected chi connectivity index (χ2v) is 2.79. The third-order valence-corrected chi connectivity index (χ3v) is 1.76. The van der Waals surface area contributed by atoms with Crippen LogP contribution in [0.1, 0.15) is 17.3 Å². The molecular formula is C9H9N3O2. The number of nitrogens with zero attached hydrogens (tertiary/aromatic N) is 3. The highest BCUT2D eigenvalue weighted by Gasteiger charge is 2.12. The molecule has 0 radical (unpaired) electrons. The molecule has 0 aromatic heterocycles. The number of hydrogen-bond donors (Lipinski definition) is 1. The minimum Gasteiger partial charge on any atom is -0.508 e. The molecule has 72 valence electrons. The third kappa shape index (κ3) is 2.24. The lowest BCUT2D eigenvalue weighted by atomic mass is 10.1. The van der Waals surface area contributed by atoms with Gasteiger partial charge in [-0.25, -0.2) is 0 Å². The van der Waals surface area contributed by atoms with Crippen molar-refractivity contribution in [2.24, 2.45) is 5.11 Å². The first-order chi connectivity index (χ1) is 6.65. The van der Waals surface area contributed by atoms with E-state index in [0.29, 0.717) is 5.56 Å². The van der Waals surface area contributed by atoms with Crippen LogP contribution in [-0.2, 0) is 0 Å². The van der Waals surface area contributed by atoms with Gasteiger partial charge in [0.25, 0.3) is 0 Å². The number of benzene rings is 1. The highest BCUT2D eigenvalue weighted by atomic mass is 16.3. The van der Waals surface area contributed by atoms with Crippen molar-refractivity contribution in [3.63, 3.8) is 0 Å². The summed E-state index contributed by atoms with van der Waals surface area (Å²) in [6.45, 7) is 1.52. The fourth-order valence-electron chi connectivity index (χ4n) is 0.997. The summed E-state index contributed by atoms with van der Waals surface area (Å²) in [5.41, 5.74) is 8.56. The van der Waals surface area contributed by atoms with Gasteiger partial charge in [0.2, 0.25) is 0 Å². The largest absolute Gasteiger partial charge is 0.508 e. The van der Waals surface area contributed by atoms with E-state index >= 15 is 0 Å². The Bertz CT molecular complexity index is 380. The molecule has 0 aliphatic rings. The lowest BCUT2D eigenvalue weighted by molar-refractivity contribution is 0.0968. The predicted octanol–water partition coefficient (Wildman–Crippen LogP) is 2.27. The van der Waals surface area contributed by atoms with E-state index in [4.69, 9.17) is 10.6 Å². The van der Waals surface area contributed by atoms with Crippen LogP contribution in [0.3, 0.4) is 0 Å². The second kappa shape index (κ2) is 4.30. The summed E-state index contributed by atoms with van der Waals surface area (Å²) >= 11 is 0. The number of carbonyl (C=O) groups is 1. The lowest BCUT2D eigenvalue weighted by Crippen LogP contribution is -2.13. The number of phenolic OH excluding ortho intramolecular Hbond substituents is 1. The average Bonchev–Trinajstić information content (AvgIpc) is 2.18. The first kappa shape index (κ1) is 10.1. The first-order valence-electron chi connectivity index (χ1n) is 4.02. The fraction of sp³-hybridized carbons (Fsp3) is 0.222. The maximum absolute atomic E-state index is 11.5. The molecule has 1 unspecified atom stereocenters. The van der Waals surface area contributed by atoms with Crippen molar-refractivity contribution in [1.82, 2.24) is 0 Å². The van der Waals surface area contributed by atoms with E-state index in [1.165, 1.54) is 31.2 Å². The Balaban J connectivity index is 2.89. The van der Waals surface area contributed by atoms with Crippen molar-refractivity contribution in [2.75, 3.05) is 0 Å². The van der Waals surface area contributed by atoms with E-state index in [2.05, 4.69) is 10.0 Å². The highest BCUT2D eigenvalue weighted by molar-refractivity contribution is 6.00. The summed E-state index contributed by atoms with van der Waals surface area (Å²) in [6.07, 6.45) is 0. The second-order valence-electron chi connectivity index (χ2n) is 2.79. The number of phenols is 1. The number of azide groups is 1. The third-order valence-electron chi connectivity index (χ3n) is 1.76.